The predicted molar refractivity (Wildman–Crippen MR) is 111 cm³/mol. The van der Waals surface area contributed by atoms with Crippen LogP contribution in [0.15, 0.2) is 30.5 Å². The molecule has 1 unspecified atom stereocenters. The summed E-state index contributed by atoms with van der Waals surface area (Å²) in [6.07, 6.45) is 1.96. The molecule has 1 saturated heterocycles. The van der Waals surface area contributed by atoms with Crippen LogP contribution in [0.25, 0.3) is 5.65 Å². The van der Waals surface area contributed by atoms with Crippen molar-refractivity contribution in [2.24, 2.45) is 5.73 Å². The number of benzene rings is 1. The van der Waals surface area contributed by atoms with E-state index in [-0.39, 0.29) is 23.4 Å². The zero-order chi connectivity index (χ0) is 22.1. The number of hydrogen-bond donors (Lipinski definition) is 1. The van der Waals surface area contributed by atoms with Gasteiger partial charge in [-0.05, 0) is 43.5 Å². The van der Waals surface area contributed by atoms with Crippen molar-refractivity contribution in [3.8, 4) is 0 Å². The Bertz CT molecular complexity index is 1140. The van der Waals surface area contributed by atoms with Crippen LogP contribution in [0.3, 0.4) is 0 Å². The van der Waals surface area contributed by atoms with Crippen LogP contribution >= 0.6 is 0 Å². The monoisotopic (exact) mass is 425 g/mol. The van der Waals surface area contributed by atoms with E-state index in [2.05, 4.69) is 10.1 Å². The van der Waals surface area contributed by atoms with Gasteiger partial charge in [-0.2, -0.15) is 5.10 Å². The number of rotatable bonds is 5. The lowest BCUT2D eigenvalue weighted by molar-refractivity contribution is -0.139. The summed E-state index contributed by atoms with van der Waals surface area (Å²) in [5.41, 5.74) is 9.43. The Hall–Kier alpha value is -3.33. The minimum Gasteiger partial charge on any atom is -0.370 e. The van der Waals surface area contributed by atoms with E-state index in [4.69, 9.17) is 10.5 Å². The number of morpholine rings is 1. The zero-order valence-corrected chi connectivity index (χ0v) is 17.5. The summed E-state index contributed by atoms with van der Waals surface area (Å²) in [4.78, 5) is 30.7. The summed E-state index contributed by atoms with van der Waals surface area (Å²) in [5, 5.41) is 4.22. The summed E-state index contributed by atoms with van der Waals surface area (Å²) in [6.45, 7) is 5.12. The third-order valence-electron chi connectivity index (χ3n) is 5.72. The van der Waals surface area contributed by atoms with E-state index in [9.17, 15) is 14.0 Å². The molecule has 162 valence electrons. The highest BCUT2D eigenvalue weighted by molar-refractivity contribution is 5.98. The van der Waals surface area contributed by atoms with E-state index in [1.54, 1.807) is 21.5 Å². The van der Waals surface area contributed by atoms with Crippen LogP contribution < -0.4 is 5.73 Å². The Balaban J connectivity index is 1.46. The Kier molecular flexibility index (Phi) is 5.69. The number of hydrogen-bond acceptors (Lipinski definition) is 5. The second-order valence-corrected chi connectivity index (χ2v) is 7.67. The normalized spacial score (nSPS) is 16.6. The summed E-state index contributed by atoms with van der Waals surface area (Å²) < 4.78 is 20.6. The number of halogens is 1. The second-order valence-electron chi connectivity index (χ2n) is 7.67. The van der Waals surface area contributed by atoms with Crippen molar-refractivity contribution in [2.45, 2.75) is 32.8 Å². The summed E-state index contributed by atoms with van der Waals surface area (Å²) >= 11 is 0. The molecule has 2 amide bonds. The molecule has 9 heteroatoms. The third kappa shape index (κ3) is 4.13. The van der Waals surface area contributed by atoms with Crippen LogP contribution in [0.5, 0.6) is 0 Å². The lowest BCUT2D eigenvalue weighted by Crippen LogP contribution is -2.42. The fraction of sp³-hybridized carbons (Fsp3) is 0.364. The first-order chi connectivity index (χ1) is 14.8. The number of carbonyl (C=O) groups is 2. The van der Waals surface area contributed by atoms with E-state index in [0.717, 1.165) is 22.5 Å². The van der Waals surface area contributed by atoms with Crippen LogP contribution in [-0.4, -0.2) is 51.0 Å². The zero-order valence-electron chi connectivity index (χ0n) is 17.5. The molecule has 8 nitrogen and oxygen atoms in total. The average Bonchev–Trinajstić information content (AvgIpc) is 3.18. The standard InChI is InChI=1S/C22H24FN5O3/c1-13-17(14(2)28-22(26-13)18(11-25-28)21(24)30)7-8-20(29)27-9-10-31-19(12-27)15-3-5-16(23)6-4-15/h3-6,11,19H,7-10,12H2,1-2H3,(H2,24,30). The van der Waals surface area contributed by atoms with Gasteiger partial charge < -0.3 is 15.4 Å². The van der Waals surface area contributed by atoms with Crippen molar-refractivity contribution < 1.29 is 18.7 Å². The fourth-order valence-electron chi connectivity index (χ4n) is 3.99. The minimum absolute atomic E-state index is 0.0209. The van der Waals surface area contributed by atoms with Gasteiger partial charge in [0.25, 0.3) is 5.91 Å². The number of ether oxygens (including phenoxy) is 1. The van der Waals surface area contributed by atoms with Crippen LogP contribution in [0.2, 0.25) is 0 Å². The number of primary amides is 1. The molecule has 0 spiro atoms. The maximum Gasteiger partial charge on any atom is 0.254 e. The molecule has 31 heavy (non-hydrogen) atoms. The van der Waals surface area contributed by atoms with E-state index < -0.39 is 5.91 Å². The number of amides is 2. The highest BCUT2D eigenvalue weighted by atomic mass is 19.1. The molecule has 0 saturated carbocycles. The number of carbonyl (C=O) groups excluding carboxylic acids is 2. The molecule has 3 heterocycles. The fourth-order valence-corrected chi connectivity index (χ4v) is 3.99. The second kappa shape index (κ2) is 8.43. The number of nitrogens with zero attached hydrogens (tertiary/aromatic N) is 4. The van der Waals surface area contributed by atoms with E-state index in [1.165, 1.54) is 18.3 Å². The maximum absolute atomic E-state index is 13.2. The molecule has 1 fully saturated rings. The highest BCUT2D eigenvalue weighted by Gasteiger charge is 2.26. The largest absolute Gasteiger partial charge is 0.370 e. The van der Waals surface area contributed by atoms with Gasteiger partial charge >= 0.3 is 0 Å². The smallest absolute Gasteiger partial charge is 0.254 e. The van der Waals surface area contributed by atoms with Crippen LogP contribution in [0.4, 0.5) is 4.39 Å². The molecular formula is C22H24FN5O3. The lowest BCUT2D eigenvalue weighted by atomic mass is 10.0. The topological polar surface area (TPSA) is 103 Å². The van der Waals surface area contributed by atoms with Gasteiger partial charge in [0.2, 0.25) is 5.91 Å². The van der Waals surface area contributed by atoms with Gasteiger partial charge in [0.1, 0.15) is 17.5 Å². The van der Waals surface area contributed by atoms with Crippen molar-refractivity contribution in [1.29, 1.82) is 0 Å². The van der Waals surface area contributed by atoms with Crippen LogP contribution in [0, 0.1) is 19.7 Å². The molecule has 3 aromatic rings. The van der Waals surface area contributed by atoms with Gasteiger partial charge in [0, 0.05) is 24.4 Å². The van der Waals surface area contributed by atoms with Crippen LogP contribution in [-0.2, 0) is 16.0 Å². The van der Waals surface area contributed by atoms with E-state index in [0.29, 0.717) is 38.2 Å². The van der Waals surface area contributed by atoms with E-state index in [1.807, 2.05) is 13.8 Å². The molecule has 1 aliphatic heterocycles. The van der Waals surface area contributed by atoms with Crippen molar-refractivity contribution in [2.75, 3.05) is 19.7 Å². The molecule has 0 aliphatic carbocycles. The Labute approximate surface area is 178 Å². The Morgan fingerprint density at radius 3 is 2.71 bits per heavy atom. The number of nitrogens with two attached hydrogens (primary N) is 1. The lowest BCUT2D eigenvalue weighted by Gasteiger charge is -2.33. The molecule has 1 aliphatic rings. The molecule has 4 rings (SSSR count). The SMILES string of the molecule is Cc1nc2c(C(N)=O)cnn2c(C)c1CCC(=O)N1CCOC(c2ccc(F)cc2)C1. The minimum atomic E-state index is -0.577. The highest BCUT2D eigenvalue weighted by Crippen LogP contribution is 2.24. The van der Waals surface area contributed by atoms with Gasteiger partial charge in [-0.25, -0.2) is 13.9 Å². The first-order valence-electron chi connectivity index (χ1n) is 10.1. The first kappa shape index (κ1) is 20.9. The van der Waals surface area contributed by atoms with Crippen molar-refractivity contribution in [1.82, 2.24) is 19.5 Å². The number of fused-ring (bicyclic) bond motifs is 1. The van der Waals surface area contributed by atoms with Gasteiger partial charge in [0.05, 0.1) is 19.3 Å². The summed E-state index contributed by atoms with van der Waals surface area (Å²) in [7, 11) is 0. The number of aryl methyl sites for hydroxylation is 2. The third-order valence-corrected chi connectivity index (χ3v) is 5.72. The molecule has 2 N–H and O–H groups in total. The quantitative estimate of drug-likeness (QED) is 0.675. The average molecular weight is 425 g/mol. The maximum atomic E-state index is 13.2. The van der Waals surface area contributed by atoms with Crippen molar-refractivity contribution >= 4 is 17.5 Å². The van der Waals surface area contributed by atoms with Crippen molar-refractivity contribution in [3.05, 3.63) is 64.4 Å². The molecule has 0 bridgehead atoms. The van der Waals surface area contributed by atoms with Gasteiger partial charge in [-0.1, -0.05) is 12.1 Å². The molecule has 0 radical (unpaired) electrons. The molecule has 1 aromatic carbocycles. The first-order valence-corrected chi connectivity index (χ1v) is 10.1. The van der Waals surface area contributed by atoms with Crippen molar-refractivity contribution in [3.63, 3.8) is 0 Å². The Morgan fingerprint density at radius 2 is 2.00 bits per heavy atom. The molecular weight excluding hydrogens is 401 g/mol. The Morgan fingerprint density at radius 1 is 1.26 bits per heavy atom. The predicted octanol–water partition coefficient (Wildman–Crippen LogP) is 2.12. The summed E-state index contributed by atoms with van der Waals surface area (Å²) in [6, 6.07) is 6.16. The van der Waals surface area contributed by atoms with Gasteiger partial charge in [-0.15, -0.1) is 0 Å². The number of aromatic nitrogens is 3. The summed E-state index contributed by atoms with van der Waals surface area (Å²) in [5.74, 6) is -0.858. The van der Waals surface area contributed by atoms with Crippen LogP contribution in [0.1, 0.15) is 45.4 Å². The van der Waals surface area contributed by atoms with Gasteiger partial charge in [0.15, 0.2) is 5.65 Å². The van der Waals surface area contributed by atoms with Gasteiger partial charge in [-0.3, -0.25) is 9.59 Å². The van der Waals surface area contributed by atoms with E-state index >= 15 is 0 Å². The molecule has 1 atom stereocenters. The molecule has 2 aromatic heterocycles.